The highest BCUT2D eigenvalue weighted by molar-refractivity contribution is 6.02. The summed E-state index contributed by atoms with van der Waals surface area (Å²) in [6.45, 7) is 4.31. The molecule has 0 aliphatic carbocycles. The quantitative estimate of drug-likeness (QED) is 0.0335. The summed E-state index contributed by atoms with van der Waals surface area (Å²) in [5, 5.41) is 75.3. The minimum atomic E-state index is -2.28. The summed E-state index contributed by atoms with van der Waals surface area (Å²) in [5.74, 6) is -21.4. The van der Waals surface area contributed by atoms with E-state index in [0.717, 1.165) is 30.7 Å². The molecule has 9 rings (SSSR count). The van der Waals surface area contributed by atoms with Crippen LogP contribution in [0.4, 0.5) is 0 Å². The molecule has 4 saturated heterocycles. The monoisotopic (exact) mass is 1740 g/mol. The van der Waals surface area contributed by atoms with Gasteiger partial charge in [-0.1, -0.05) is 86.6 Å². The Morgan fingerprint density at radius 3 is 1.84 bits per heavy atom. The Kier molecular flexibility index (Phi) is 34.3. The van der Waals surface area contributed by atoms with Crippen molar-refractivity contribution in [2.75, 3.05) is 33.3 Å². The van der Waals surface area contributed by atoms with Crippen molar-refractivity contribution < 1.29 is 116 Å². The first kappa shape index (κ1) is 95.3. The van der Waals surface area contributed by atoms with Crippen molar-refractivity contribution in [1.82, 2.24) is 83.9 Å². The molecule has 4 fully saturated rings. The summed E-state index contributed by atoms with van der Waals surface area (Å²) in [4.78, 5) is 270. The fraction of sp³-hybridized carbons (Fsp3) is 0.482. The van der Waals surface area contributed by atoms with Crippen LogP contribution in [0, 0.1) is 5.92 Å². The number of esters is 2. The summed E-state index contributed by atoms with van der Waals surface area (Å²) in [6, 6.07) is 4.13. The second kappa shape index (κ2) is 45.0. The minimum Gasteiger partial charge on any atom is -0.508 e. The first-order valence-electron chi connectivity index (χ1n) is 41.3. The van der Waals surface area contributed by atoms with Gasteiger partial charge >= 0.3 is 17.9 Å². The average Bonchev–Trinajstić information content (AvgIpc) is 1.73. The van der Waals surface area contributed by atoms with E-state index in [-0.39, 0.29) is 88.1 Å². The van der Waals surface area contributed by atoms with Crippen LogP contribution in [0.15, 0.2) is 109 Å². The Labute approximate surface area is 718 Å². The number of hydrogen-bond acceptors (Lipinski definition) is 23. The van der Waals surface area contributed by atoms with E-state index in [1.165, 1.54) is 55.5 Å². The first-order chi connectivity index (χ1) is 59.5. The summed E-state index contributed by atoms with van der Waals surface area (Å²) in [7, 11) is 1.10. The molecule has 18 N–H and O–H groups in total. The number of carbonyl (C=O) groups excluding carboxylic acids is 17. The van der Waals surface area contributed by atoms with Crippen LogP contribution in [0.25, 0.3) is 10.9 Å². The number of benzene rings is 4. The highest BCUT2D eigenvalue weighted by Crippen LogP contribution is 2.26. The Hall–Kier alpha value is -13.6. The molecule has 40 nitrogen and oxygen atoms in total. The van der Waals surface area contributed by atoms with Gasteiger partial charge in [0.2, 0.25) is 88.6 Å². The van der Waals surface area contributed by atoms with Crippen molar-refractivity contribution in [3.05, 3.63) is 132 Å². The van der Waals surface area contributed by atoms with Crippen LogP contribution in [-0.2, 0) is 121 Å². The third kappa shape index (κ3) is 28.0. The molecule has 4 bridgehead atoms. The number of rotatable bonds is 21. The van der Waals surface area contributed by atoms with Crippen LogP contribution in [0.1, 0.15) is 128 Å². The van der Waals surface area contributed by atoms with Gasteiger partial charge in [-0.05, 0) is 130 Å². The SMILES string of the molecule is CC(=O)N[C@@H](Cc1ccccc1)C(=O)NCC(=O)N[C@H](C(=O)N[C@@H]1C(=O)N[C@@H](CC(C)C)C(=O)N[C@H]2CCCCNC(=O)CC[C@@H](C(=O)N[C@@H](Cc3ccc(O)cc3)C(=O)O)NC(=O)[C@@H]3CCC(=O)OC[C@@H](C(=O)N[C@@H](CC(=O)O[C@@H]1C)C(=O)N[C@@H](Cc1cc4ccccc4[nH]1)C(=O)N3)N(C)C(=O)[C@@H]1CCCN1C(=O)[C@H](Cc1ccc(O)cc1)NC2=O)[C@@H](C)O. The van der Waals surface area contributed by atoms with E-state index in [0.29, 0.717) is 27.6 Å². The van der Waals surface area contributed by atoms with Gasteiger partial charge in [0, 0.05) is 76.8 Å². The highest BCUT2D eigenvalue weighted by Gasteiger charge is 2.45. The van der Waals surface area contributed by atoms with E-state index in [2.05, 4.69) is 74.1 Å². The smallest absolute Gasteiger partial charge is 0.326 e. The predicted octanol–water partition coefficient (Wildman–Crippen LogP) is -2.60. The molecule has 15 amide bonds. The van der Waals surface area contributed by atoms with Crippen LogP contribution in [0.2, 0.25) is 0 Å². The topological polar surface area (TPSA) is 585 Å². The molecule has 15 atom stereocenters. The molecule has 40 heteroatoms. The molecule has 5 aromatic rings. The number of aromatic nitrogens is 1. The number of carboxylic acids is 1. The Bertz CT molecular complexity index is 4740. The summed E-state index contributed by atoms with van der Waals surface area (Å²) in [6.07, 6.45) is -9.65. The number of phenols is 2. The van der Waals surface area contributed by atoms with Crippen LogP contribution in [0.5, 0.6) is 11.5 Å². The molecule has 125 heavy (non-hydrogen) atoms. The Morgan fingerprint density at radius 2 is 1.18 bits per heavy atom. The number of aliphatic hydroxyl groups excluding tert-OH is 1. The third-order valence-electron chi connectivity index (χ3n) is 21.6. The van der Waals surface area contributed by atoms with Crippen LogP contribution >= 0.6 is 0 Å². The number of aliphatic carboxylic acids is 1. The summed E-state index contributed by atoms with van der Waals surface area (Å²) >= 11 is 0. The number of nitrogens with zero attached hydrogens (tertiary/aromatic N) is 2. The lowest BCUT2D eigenvalue weighted by Gasteiger charge is -2.34. The number of phenolic OH excluding ortho intramolecular Hbond substituents is 2. The standard InChI is InChI=1S/C85H108N16O24/c1-44(2)35-59-77(114)90-56-19-12-13-33-86-67(106)31-29-57(76(113)97-64(85(122)123)38-50-23-27-54(105)28-24-50)91-75(112)58-30-32-69(108)124-43-66(100(6)84(121)65-20-14-34-101(65)83(120)63(96-74(56)111)37-49-21-25-53(104)26-22-49)80(117)94-62(79(116)93-61(78(115)92-58)40-52-39-51-17-10-11-18-55(51)89-52)41-70(109)125-46(4)72(82(119)95-59)99-81(118)71(45(3)102)98-68(107)42-87-73(110)60(88-47(5)103)36-48-15-8-7-9-16-48/h7-11,15-18,21-28,39,44-46,56-66,71-72,89,102,104-105H,12-14,19-20,29-38,40-43H2,1-6H3,(H,86,106)(H,87,110)(H,88,103)(H,90,114)(H,91,112)(H,92,115)(H,93,116)(H,94,117)(H,95,119)(H,96,111)(H,97,113)(H,98,107)(H,99,118)(H,122,123)/t45-,46-,56+,57+,58+,59+,60+,61+,62+,63+,64+,65+,66+,71+,72+/m1/s1. The fourth-order valence-corrected chi connectivity index (χ4v) is 14.9. The zero-order valence-corrected chi connectivity index (χ0v) is 69.9. The maximum Gasteiger partial charge on any atom is 0.326 e. The van der Waals surface area contributed by atoms with Gasteiger partial charge < -0.3 is 114 Å². The van der Waals surface area contributed by atoms with Crippen molar-refractivity contribution in [2.45, 2.75) is 222 Å². The number of fused-ring (bicyclic) bond motifs is 13. The van der Waals surface area contributed by atoms with E-state index in [1.54, 1.807) is 74.5 Å². The summed E-state index contributed by atoms with van der Waals surface area (Å²) < 4.78 is 11.7. The van der Waals surface area contributed by atoms with E-state index >= 15 is 47.9 Å². The molecule has 4 aliphatic heterocycles. The number of amides is 15. The van der Waals surface area contributed by atoms with Gasteiger partial charge in [0.15, 0.2) is 0 Å². The van der Waals surface area contributed by atoms with Gasteiger partial charge in [-0.2, -0.15) is 0 Å². The number of carbonyl (C=O) groups is 18. The number of hydrogen-bond donors (Lipinski definition) is 18. The lowest BCUT2D eigenvalue weighted by atomic mass is 10.00. The van der Waals surface area contributed by atoms with Crippen molar-refractivity contribution in [3.8, 4) is 11.5 Å². The van der Waals surface area contributed by atoms with Crippen LogP contribution < -0.4 is 69.1 Å². The largest absolute Gasteiger partial charge is 0.508 e. The number of aliphatic hydroxyl groups is 1. The van der Waals surface area contributed by atoms with E-state index < -0.39 is 255 Å². The van der Waals surface area contributed by atoms with Gasteiger partial charge in [0.05, 0.1) is 19.1 Å². The van der Waals surface area contributed by atoms with Crippen molar-refractivity contribution >= 4 is 117 Å². The van der Waals surface area contributed by atoms with Crippen LogP contribution in [-0.4, -0.2) is 266 Å². The lowest BCUT2D eigenvalue weighted by Crippen LogP contribution is -2.63. The molecule has 5 heterocycles. The third-order valence-corrected chi connectivity index (χ3v) is 21.6. The Balaban J connectivity index is 1.17. The van der Waals surface area contributed by atoms with Crippen LogP contribution in [0.3, 0.4) is 0 Å². The van der Waals surface area contributed by atoms with Gasteiger partial charge in [-0.25, -0.2) is 4.79 Å². The van der Waals surface area contributed by atoms with E-state index in [9.17, 15) is 58.8 Å². The van der Waals surface area contributed by atoms with Crippen molar-refractivity contribution in [3.63, 3.8) is 0 Å². The molecule has 4 aliphatic rings. The van der Waals surface area contributed by atoms with Gasteiger partial charge in [0.25, 0.3) is 0 Å². The molecule has 4 aromatic carbocycles. The predicted molar refractivity (Wildman–Crippen MR) is 442 cm³/mol. The fourth-order valence-electron chi connectivity index (χ4n) is 14.9. The zero-order valence-electron chi connectivity index (χ0n) is 69.9. The number of H-pyrrole nitrogens is 1. The van der Waals surface area contributed by atoms with Gasteiger partial charge in [-0.15, -0.1) is 0 Å². The number of carboxylic acid groups (broad SMARTS) is 1. The minimum absolute atomic E-state index is 0.0103. The number of likely N-dealkylation sites (N-methyl/N-ethyl adjacent to an activating group) is 1. The number of cyclic esters (lactones) is 1. The highest BCUT2D eigenvalue weighted by atomic mass is 16.5. The number of para-hydroxylation sites is 1. The van der Waals surface area contributed by atoms with E-state index in [4.69, 9.17) is 9.47 Å². The second-order valence-electron chi connectivity index (χ2n) is 31.9. The number of nitrogens with one attached hydrogen (secondary N) is 14. The Morgan fingerprint density at radius 1 is 0.568 bits per heavy atom. The normalized spacial score (nSPS) is 23.9. The van der Waals surface area contributed by atoms with Gasteiger partial charge in [-0.3, -0.25) is 81.5 Å². The zero-order chi connectivity index (χ0) is 90.9. The number of ether oxygens (including phenoxy) is 2. The molecule has 672 valence electrons. The molecule has 0 radical (unpaired) electrons. The second-order valence-corrected chi connectivity index (χ2v) is 31.9. The molecule has 0 spiro atoms. The molecule has 0 unspecified atom stereocenters. The maximum atomic E-state index is 15.6. The average molecular weight is 1740 g/mol. The first-order valence-corrected chi connectivity index (χ1v) is 41.3. The van der Waals surface area contributed by atoms with Crippen molar-refractivity contribution in [2.24, 2.45) is 5.92 Å². The lowest BCUT2D eigenvalue weighted by molar-refractivity contribution is -0.155. The number of aromatic amines is 1. The maximum absolute atomic E-state index is 15.6. The van der Waals surface area contributed by atoms with Crippen molar-refractivity contribution in [1.29, 1.82) is 0 Å². The molecule has 0 saturated carbocycles. The summed E-state index contributed by atoms with van der Waals surface area (Å²) in [5.41, 5.74) is 2.09. The van der Waals surface area contributed by atoms with E-state index in [1.807, 2.05) is 0 Å². The number of aromatic hydroxyl groups is 2. The molecular weight excluding hydrogens is 1630 g/mol. The van der Waals surface area contributed by atoms with Gasteiger partial charge in [0.1, 0.15) is 103 Å². The molecule has 1 aromatic heterocycles. The molecular formula is C85H108N16O24.